The molecule has 0 fully saturated rings. The first kappa shape index (κ1) is 26.7. The molecule has 0 saturated heterocycles. The highest BCUT2D eigenvalue weighted by atomic mass is 32.1. The molecule has 0 saturated carbocycles. The van der Waals surface area contributed by atoms with E-state index in [-0.39, 0.29) is 18.8 Å². The van der Waals surface area contributed by atoms with Gasteiger partial charge < -0.3 is 19.6 Å². The van der Waals surface area contributed by atoms with Gasteiger partial charge in [-0.3, -0.25) is 9.69 Å². The van der Waals surface area contributed by atoms with Crippen molar-refractivity contribution < 1.29 is 19.4 Å². The van der Waals surface area contributed by atoms with Crippen molar-refractivity contribution >= 4 is 27.5 Å². The number of aromatic nitrogens is 2. The lowest BCUT2D eigenvalue weighted by molar-refractivity contribution is 0.00517. The summed E-state index contributed by atoms with van der Waals surface area (Å²) >= 11 is 1.14. The van der Waals surface area contributed by atoms with Gasteiger partial charge in [-0.2, -0.15) is 0 Å². The molecule has 2 aromatic heterocycles. The van der Waals surface area contributed by atoms with E-state index >= 15 is 0 Å². The van der Waals surface area contributed by atoms with E-state index in [1.54, 1.807) is 6.92 Å². The Balaban J connectivity index is 1.82. The molecule has 0 bridgehead atoms. The summed E-state index contributed by atoms with van der Waals surface area (Å²) in [5.41, 5.74) is 1.32. The van der Waals surface area contributed by atoms with Gasteiger partial charge in [-0.05, 0) is 24.0 Å². The third kappa shape index (κ3) is 7.57. The lowest BCUT2D eigenvalue weighted by Gasteiger charge is -2.25. The number of ether oxygens (including phenoxy) is 2. The maximum atomic E-state index is 12.9. The molecular formula is C26H33N3O5S. The van der Waals surface area contributed by atoms with Crippen molar-refractivity contribution in [2.45, 2.75) is 40.0 Å². The van der Waals surface area contributed by atoms with Gasteiger partial charge in [0.2, 0.25) is 0 Å². The first-order chi connectivity index (χ1) is 16.8. The van der Waals surface area contributed by atoms with Gasteiger partial charge in [0.1, 0.15) is 22.1 Å². The van der Waals surface area contributed by atoms with E-state index in [0.717, 1.165) is 16.9 Å². The number of thiophene rings is 1. The van der Waals surface area contributed by atoms with Gasteiger partial charge in [-0.1, -0.05) is 56.8 Å². The fraction of sp³-hybridized carbons (Fsp3) is 0.423. The van der Waals surface area contributed by atoms with E-state index in [1.807, 2.05) is 35.2 Å². The molecule has 2 heterocycles. The Morgan fingerprint density at radius 3 is 2.69 bits per heavy atom. The number of carbonyl (C=O) groups excluding carboxylic acids is 1. The maximum absolute atomic E-state index is 12.9. The number of hydrogen-bond acceptors (Lipinski definition) is 8. The number of nitrogens with one attached hydrogen (secondary N) is 1. The molecule has 9 heteroatoms. The average Bonchev–Trinajstić information content (AvgIpc) is 3.14. The van der Waals surface area contributed by atoms with Crippen LogP contribution in [0.5, 0.6) is 0 Å². The Morgan fingerprint density at radius 2 is 2.00 bits per heavy atom. The van der Waals surface area contributed by atoms with E-state index in [2.05, 4.69) is 30.4 Å². The van der Waals surface area contributed by atoms with Crippen LogP contribution < -0.4 is 5.56 Å². The van der Waals surface area contributed by atoms with E-state index in [4.69, 9.17) is 9.47 Å². The lowest BCUT2D eigenvalue weighted by atomic mass is 10.2. The third-order valence-electron chi connectivity index (χ3n) is 5.22. The SMILES string of the molecule is C=CCOC(=O)c1sc2nc(CN(Cc3ccccc3)C[C@H](O)COCC(C)C)[nH]c(=O)c2c1C. The van der Waals surface area contributed by atoms with Crippen molar-refractivity contribution in [3.8, 4) is 0 Å². The number of aliphatic hydroxyl groups excluding tert-OH is 1. The van der Waals surface area contributed by atoms with Crippen molar-refractivity contribution in [2.75, 3.05) is 26.4 Å². The summed E-state index contributed by atoms with van der Waals surface area (Å²) in [5, 5.41) is 11.0. The number of H-pyrrole nitrogens is 1. The number of nitrogens with zero attached hydrogens (tertiary/aromatic N) is 2. The summed E-state index contributed by atoms with van der Waals surface area (Å²) in [4.78, 5) is 35.6. The van der Waals surface area contributed by atoms with E-state index < -0.39 is 12.1 Å². The monoisotopic (exact) mass is 499 g/mol. The van der Waals surface area contributed by atoms with Crippen LogP contribution in [-0.2, 0) is 22.6 Å². The molecule has 3 rings (SSSR count). The van der Waals surface area contributed by atoms with Gasteiger partial charge in [-0.15, -0.1) is 11.3 Å². The number of aromatic amines is 1. The molecule has 35 heavy (non-hydrogen) atoms. The molecule has 0 aliphatic carbocycles. The van der Waals surface area contributed by atoms with Crippen molar-refractivity contribution in [1.29, 1.82) is 0 Å². The molecule has 0 unspecified atom stereocenters. The maximum Gasteiger partial charge on any atom is 0.348 e. The number of benzene rings is 1. The molecule has 0 amide bonds. The Morgan fingerprint density at radius 1 is 1.26 bits per heavy atom. The quantitative estimate of drug-likeness (QED) is 0.273. The molecule has 0 radical (unpaired) electrons. The van der Waals surface area contributed by atoms with Crippen molar-refractivity contribution in [2.24, 2.45) is 5.92 Å². The number of carbonyl (C=O) groups is 1. The highest BCUT2D eigenvalue weighted by Crippen LogP contribution is 2.27. The lowest BCUT2D eigenvalue weighted by Crippen LogP contribution is -2.35. The highest BCUT2D eigenvalue weighted by Gasteiger charge is 2.21. The molecule has 3 aromatic rings. The number of fused-ring (bicyclic) bond motifs is 1. The smallest absolute Gasteiger partial charge is 0.348 e. The van der Waals surface area contributed by atoms with Gasteiger partial charge in [0.15, 0.2) is 0 Å². The van der Waals surface area contributed by atoms with Crippen LogP contribution in [0.15, 0.2) is 47.8 Å². The van der Waals surface area contributed by atoms with Crippen LogP contribution in [0.1, 0.15) is 40.5 Å². The van der Waals surface area contributed by atoms with Crippen molar-refractivity contribution in [1.82, 2.24) is 14.9 Å². The van der Waals surface area contributed by atoms with Crippen LogP contribution in [0.2, 0.25) is 0 Å². The zero-order valence-corrected chi connectivity index (χ0v) is 21.3. The summed E-state index contributed by atoms with van der Waals surface area (Å²) < 4.78 is 10.7. The predicted molar refractivity (Wildman–Crippen MR) is 138 cm³/mol. The fourth-order valence-electron chi connectivity index (χ4n) is 3.69. The Hall–Kier alpha value is -2.85. The van der Waals surface area contributed by atoms with Crippen LogP contribution in [0.25, 0.3) is 10.2 Å². The summed E-state index contributed by atoms with van der Waals surface area (Å²) in [7, 11) is 0. The molecular weight excluding hydrogens is 466 g/mol. The van der Waals surface area contributed by atoms with Crippen LogP contribution >= 0.6 is 11.3 Å². The number of hydrogen-bond donors (Lipinski definition) is 2. The topological polar surface area (TPSA) is 105 Å². The molecule has 8 nitrogen and oxygen atoms in total. The van der Waals surface area contributed by atoms with Gasteiger partial charge >= 0.3 is 5.97 Å². The predicted octanol–water partition coefficient (Wildman–Crippen LogP) is 3.67. The van der Waals surface area contributed by atoms with Gasteiger partial charge in [0.25, 0.3) is 5.56 Å². The van der Waals surface area contributed by atoms with Crippen molar-refractivity contribution in [3.63, 3.8) is 0 Å². The Kier molecular flexibility index (Phi) is 9.73. The normalized spacial score (nSPS) is 12.4. The van der Waals surface area contributed by atoms with Crippen LogP contribution in [0.4, 0.5) is 0 Å². The van der Waals surface area contributed by atoms with Crippen LogP contribution in [0, 0.1) is 12.8 Å². The second-order valence-electron chi connectivity index (χ2n) is 8.88. The van der Waals surface area contributed by atoms with Crippen LogP contribution in [-0.4, -0.2) is 58.4 Å². The first-order valence-corrected chi connectivity index (χ1v) is 12.4. The van der Waals surface area contributed by atoms with Gasteiger partial charge in [-0.25, -0.2) is 9.78 Å². The minimum absolute atomic E-state index is 0.0964. The minimum Gasteiger partial charge on any atom is -0.457 e. The summed E-state index contributed by atoms with van der Waals surface area (Å²) in [5.74, 6) is 0.347. The van der Waals surface area contributed by atoms with Crippen molar-refractivity contribution in [3.05, 3.63) is 75.2 Å². The standard InChI is InChI=1S/C26H33N3O5S/c1-5-11-34-26(32)23-18(4)22-24(31)27-21(28-25(22)35-23)14-29(12-19-9-7-6-8-10-19)13-20(30)16-33-15-17(2)3/h5-10,17,20,30H,1,11-16H2,2-4H3,(H,27,28,31)/t20-/m0/s1. The highest BCUT2D eigenvalue weighted by molar-refractivity contribution is 7.20. The number of aliphatic hydroxyl groups is 1. The summed E-state index contributed by atoms with van der Waals surface area (Å²) in [6, 6.07) is 9.90. The summed E-state index contributed by atoms with van der Waals surface area (Å²) in [6.07, 6.45) is 0.802. The second-order valence-corrected chi connectivity index (χ2v) is 9.88. The molecule has 188 valence electrons. The van der Waals surface area contributed by atoms with Gasteiger partial charge in [0.05, 0.1) is 24.6 Å². The van der Waals surface area contributed by atoms with E-state index in [0.29, 0.717) is 58.6 Å². The zero-order valence-electron chi connectivity index (χ0n) is 20.5. The van der Waals surface area contributed by atoms with E-state index in [1.165, 1.54) is 6.08 Å². The average molecular weight is 500 g/mol. The van der Waals surface area contributed by atoms with E-state index in [9.17, 15) is 14.7 Å². The second kappa shape index (κ2) is 12.7. The molecule has 0 spiro atoms. The van der Waals surface area contributed by atoms with Crippen LogP contribution in [0.3, 0.4) is 0 Å². The largest absolute Gasteiger partial charge is 0.457 e. The number of rotatable bonds is 13. The fourth-order valence-corrected chi connectivity index (χ4v) is 4.78. The van der Waals surface area contributed by atoms with Gasteiger partial charge in [0, 0.05) is 19.7 Å². The third-order valence-corrected chi connectivity index (χ3v) is 6.39. The molecule has 1 atom stereocenters. The zero-order chi connectivity index (χ0) is 25.4. The molecule has 0 aliphatic heterocycles. The molecule has 0 aliphatic rings. The Labute approximate surface area is 209 Å². The number of esters is 1. The summed E-state index contributed by atoms with van der Waals surface area (Å²) in [6.45, 7) is 11.5. The number of aryl methyl sites for hydroxylation is 1. The Bertz CT molecular complexity index is 1190. The first-order valence-electron chi connectivity index (χ1n) is 11.6. The molecule has 2 N–H and O–H groups in total. The molecule has 1 aromatic carbocycles. The minimum atomic E-state index is -0.692.